The van der Waals surface area contributed by atoms with Gasteiger partial charge in [0.1, 0.15) is 0 Å². The molecule has 2 aromatic rings. The van der Waals surface area contributed by atoms with Crippen molar-refractivity contribution in [3.8, 4) is 11.1 Å². The maximum Gasteiger partial charge on any atom is -0.0184 e. The molecule has 0 atom stereocenters. The molecule has 0 aliphatic heterocycles. The fourth-order valence-electron chi connectivity index (χ4n) is 1.26. The molecule has 0 radical (unpaired) electrons. The minimum Gasteiger partial charge on any atom is -0.147 e. The molecule has 74 valence electrons. The molecule has 1 heteroatoms. The second kappa shape index (κ2) is 6.22. The van der Waals surface area contributed by atoms with Gasteiger partial charge in [-0.2, -0.15) is 0 Å². The van der Waals surface area contributed by atoms with E-state index < -0.39 is 0 Å². The summed E-state index contributed by atoms with van der Waals surface area (Å²) in [6.45, 7) is 0. The Kier molecular flexibility index (Phi) is 5.66. The molecule has 0 bridgehead atoms. The molecule has 0 fully saturated rings. The standard InChI is InChI=1S/C12H10.CH4.ClH/c1-3-7-11(8-4-1)12-9-5-2-6-10-12;;/h1-10H;1H4;1H. The van der Waals surface area contributed by atoms with Gasteiger partial charge >= 0.3 is 0 Å². The second-order valence-electron chi connectivity index (χ2n) is 2.73. The topological polar surface area (TPSA) is 0 Å². The van der Waals surface area contributed by atoms with Gasteiger partial charge in [0.15, 0.2) is 0 Å². The summed E-state index contributed by atoms with van der Waals surface area (Å²) >= 11 is 0. The zero-order valence-corrected chi connectivity index (χ0v) is 8.00. The smallest absolute Gasteiger partial charge is 0.0184 e. The molecule has 0 N–H and O–H groups in total. The highest BCUT2D eigenvalue weighted by Crippen LogP contribution is 2.17. The molecular formula is C13H15Cl. The average Bonchev–Trinajstić information content (AvgIpc) is 2.21. The average molecular weight is 207 g/mol. The fourth-order valence-corrected chi connectivity index (χ4v) is 1.26. The van der Waals surface area contributed by atoms with Crippen LogP contribution >= 0.6 is 12.4 Å². The highest BCUT2D eigenvalue weighted by molar-refractivity contribution is 5.85. The summed E-state index contributed by atoms with van der Waals surface area (Å²) in [5.74, 6) is 0. The molecule has 0 saturated heterocycles. The zero-order valence-electron chi connectivity index (χ0n) is 7.18. The molecule has 0 aliphatic carbocycles. The highest BCUT2D eigenvalue weighted by Gasteiger charge is 1.91. The van der Waals surface area contributed by atoms with Gasteiger partial charge in [-0.3, -0.25) is 0 Å². The lowest BCUT2D eigenvalue weighted by atomic mass is 10.1. The number of hydrogen-bond donors (Lipinski definition) is 0. The van der Waals surface area contributed by atoms with E-state index in [1.807, 2.05) is 12.1 Å². The zero-order chi connectivity index (χ0) is 8.23. The number of halogens is 1. The first-order valence-electron chi connectivity index (χ1n) is 4.07. The molecule has 0 nitrogen and oxygen atoms in total. The van der Waals surface area contributed by atoms with E-state index in [1.165, 1.54) is 11.1 Å². The van der Waals surface area contributed by atoms with Crippen molar-refractivity contribution >= 4 is 12.4 Å². The second-order valence-corrected chi connectivity index (χ2v) is 2.73. The monoisotopic (exact) mass is 206 g/mol. The minimum atomic E-state index is 0. The van der Waals surface area contributed by atoms with Crippen LogP contribution in [0.3, 0.4) is 0 Å². The van der Waals surface area contributed by atoms with Gasteiger partial charge in [0.05, 0.1) is 0 Å². The van der Waals surface area contributed by atoms with E-state index in [4.69, 9.17) is 0 Å². The lowest BCUT2D eigenvalue weighted by Crippen LogP contribution is -1.73. The summed E-state index contributed by atoms with van der Waals surface area (Å²) < 4.78 is 0. The molecule has 0 heterocycles. The molecule has 2 rings (SSSR count). The molecule has 0 spiro atoms. The lowest BCUT2D eigenvalue weighted by Gasteiger charge is -1.98. The van der Waals surface area contributed by atoms with Crippen LogP contribution in [-0.4, -0.2) is 0 Å². The van der Waals surface area contributed by atoms with Crippen LogP contribution in [0, 0.1) is 0 Å². The van der Waals surface area contributed by atoms with E-state index in [2.05, 4.69) is 48.5 Å². The first kappa shape index (κ1) is 12.7. The van der Waals surface area contributed by atoms with Crippen molar-refractivity contribution < 1.29 is 0 Å². The normalized spacial score (nSPS) is 8.29. The van der Waals surface area contributed by atoms with Crippen LogP contribution in [-0.2, 0) is 0 Å². The van der Waals surface area contributed by atoms with E-state index in [-0.39, 0.29) is 19.8 Å². The Bertz CT molecular complexity index is 303. The largest absolute Gasteiger partial charge is 0.147 e. The summed E-state index contributed by atoms with van der Waals surface area (Å²) in [6.07, 6.45) is 0. The Hall–Kier alpha value is -1.27. The molecule has 14 heavy (non-hydrogen) atoms. The Morgan fingerprint density at radius 3 is 1.07 bits per heavy atom. The maximum atomic E-state index is 2.12. The number of hydrogen-bond acceptors (Lipinski definition) is 0. The third kappa shape index (κ3) is 2.90. The van der Waals surface area contributed by atoms with Gasteiger partial charge in [-0.1, -0.05) is 68.1 Å². The molecule has 0 aromatic heterocycles. The minimum absolute atomic E-state index is 0. The van der Waals surface area contributed by atoms with Crippen molar-refractivity contribution in [1.82, 2.24) is 0 Å². The summed E-state index contributed by atoms with van der Waals surface area (Å²) in [7, 11) is 0. The van der Waals surface area contributed by atoms with Crippen LogP contribution < -0.4 is 0 Å². The number of rotatable bonds is 1. The van der Waals surface area contributed by atoms with E-state index in [9.17, 15) is 0 Å². The van der Waals surface area contributed by atoms with Gasteiger partial charge in [0.2, 0.25) is 0 Å². The number of benzene rings is 2. The SMILES string of the molecule is C.Cl.c1ccc(-c2ccccc2)cc1. The Labute approximate surface area is 92.0 Å². The van der Waals surface area contributed by atoms with Crippen LogP contribution in [0.4, 0.5) is 0 Å². The summed E-state index contributed by atoms with van der Waals surface area (Å²) in [6, 6.07) is 20.8. The van der Waals surface area contributed by atoms with E-state index in [0.717, 1.165) is 0 Å². The first-order chi connectivity index (χ1) is 5.97. The summed E-state index contributed by atoms with van der Waals surface area (Å²) in [5, 5.41) is 0. The van der Waals surface area contributed by atoms with Crippen molar-refractivity contribution in [2.24, 2.45) is 0 Å². The summed E-state index contributed by atoms with van der Waals surface area (Å²) in [4.78, 5) is 0. The van der Waals surface area contributed by atoms with E-state index in [0.29, 0.717) is 0 Å². The quantitative estimate of drug-likeness (QED) is 0.649. The Balaban J connectivity index is 0.000000845. The van der Waals surface area contributed by atoms with Crippen molar-refractivity contribution in [1.29, 1.82) is 0 Å². The maximum absolute atomic E-state index is 2.12. The van der Waals surface area contributed by atoms with Crippen LogP contribution in [0.1, 0.15) is 7.43 Å². The molecule has 0 unspecified atom stereocenters. The molecule has 2 aromatic carbocycles. The fraction of sp³-hybridized carbons (Fsp3) is 0.0769. The van der Waals surface area contributed by atoms with Gasteiger partial charge in [0.25, 0.3) is 0 Å². The molecule has 0 saturated carbocycles. The van der Waals surface area contributed by atoms with Crippen LogP contribution in [0.2, 0.25) is 0 Å². The third-order valence-electron chi connectivity index (χ3n) is 1.88. The third-order valence-corrected chi connectivity index (χ3v) is 1.88. The summed E-state index contributed by atoms with van der Waals surface area (Å²) in [5.41, 5.74) is 2.55. The van der Waals surface area contributed by atoms with Crippen molar-refractivity contribution in [3.05, 3.63) is 60.7 Å². The van der Waals surface area contributed by atoms with Crippen molar-refractivity contribution in [2.75, 3.05) is 0 Å². The first-order valence-corrected chi connectivity index (χ1v) is 4.07. The van der Waals surface area contributed by atoms with E-state index >= 15 is 0 Å². The van der Waals surface area contributed by atoms with Crippen molar-refractivity contribution in [3.63, 3.8) is 0 Å². The van der Waals surface area contributed by atoms with E-state index in [1.54, 1.807) is 0 Å². The lowest BCUT2D eigenvalue weighted by molar-refractivity contribution is 1.62. The Morgan fingerprint density at radius 2 is 0.786 bits per heavy atom. The van der Waals surface area contributed by atoms with Gasteiger partial charge in [0, 0.05) is 0 Å². The van der Waals surface area contributed by atoms with Gasteiger partial charge in [-0.25, -0.2) is 0 Å². The van der Waals surface area contributed by atoms with Crippen molar-refractivity contribution in [2.45, 2.75) is 7.43 Å². The Morgan fingerprint density at radius 1 is 0.500 bits per heavy atom. The van der Waals surface area contributed by atoms with Crippen LogP contribution in [0.5, 0.6) is 0 Å². The molecule has 0 aliphatic rings. The van der Waals surface area contributed by atoms with Crippen LogP contribution in [0.25, 0.3) is 11.1 Å². The highest BCUT2D eigenvalue weighted by atomic mass is 35.5. The van der Waals surface area contributed by atoms with Gasteiger partial charge in [-0.05, 0) is 11.1 Å². The predicted octanol–water partition coefficient (Wildman–Crippen LogP) is 4.41. The molecular weight excluding hydrogens is 192 g/mol. The van der Waals surface area contributed by atoms with Crippen LogP contribution in [0.15, 0.2) is 60.7 Å². The van der Waals surface area contributed by atoms with Gasteiger partial charge < -0.3 is 0 Å². The molecule has 0 amide bonds. The predicted molar refractivity (Wildman–Crippen MR) is 65.9 cm³/mol. The van der Waals surface area contributed by atoms with Gasteiger partial charge in [-0.15, -0.1) is 12.4 Å².